The Labute approximate surface area is 54.2 Å². The number of ketones is 1. The van der Waals surface area contributed by atoms with E-state index in [0.29, 0.717) is 5.75 Å². The summed E-state index contributed by atoms with van der Waals surface area (Å²) in [6.45, 7) is 1.75. The highest BCUT2D eigenvalue weighted by Gasteiger charge is 2.05. The summed E-state index contributed by atoms with van der Waals surface area (Å²) in [4.78, 5) is 10.5. The number of Topliss-reactive ketones (excluding diaryl/α,β-unsaturated/α-hetero) is 1. The zero-order valence-electron chi connectivity index (χ0n) is 4.72. The maximum Gasteiger partial charge on any atom is 0.176 e. The van der Waals surface area contributed by atoms with E-state index in [1.54, 1.807) is 6.92 Å². The van der Waals surface area contributed by atoms with Crippen molar-refractivity contribution in [3.8, 4) is 0 Å². The number of thiol groups is 1. The maximum atomic E-state index is 10.5. The molecule has 0 aliphatic rings. The molecule has 0 aliphatic carbocycles. The second-order valence-corrected chi connectivity index (χ2v) is 2.00. The van der Waals surface area contributed by atoms with Crippen molar-refractivity contribution in [1.82, 2.24) is 0 Å². The van der Waals surface area contributed by atoms with Gasteiger partial charge >= 0.3 is 0 Å². The van der Waals surface area contributed by atoms with Crippen molar-refractivity contribution in [2.24, 2.45) is 5.92 Å². The highest BCUT2D eigenvalue weighted by Crippen LogP contribution is 1.95. The Morgan fingerprint density at radius 1 is 2.00 bits per heavy atom. The van der Waals surface area contributed by atoms with Gasteiger partial charge in [0.2, 0.25) is 0 Å². The topological polar surface area (TPSA) is 40.9 Å². The fourth-order valence-electron chi connectivity index (χ4n) is 0.232. The van der Waals surface area contributed by atoms with Gasteiger partial charge < -0.3 is 5.41 Å². The molecule has 1 N–H and O–H groups in total. The normalized spacial score (nSPS) is 12.8. The van der Waals surface area contributed by atoms with E-state index in [1.165, 1.54) is 0 Å². The van der Waals surface area contributed by atoms with Crippen LogP contribution >= 0.6 is 12.6 Å². The van der Waals surface area contributed by atoms with Gasteiger partial charge in [0.1, 0.15) is 0 Å². The van der Waals surface area contributed by atoms with Gasteiger partial charge in [-0.15, -0.1) is 0 Å². The molecule has 0 radical (unpaired) electrons. The Hall–Kier alpha value is -0.310. The lowest BCUT2D eigenvalue weighted by Gasteiger charge is -1.98. The van der Waals surface area contributed by atoms with Crippen LogP contribution in [0.15, 0.2) is 0 Å². The molecule has 0 aromatic carbocycles. The van der Waals surface area contributed by atoms with Crippen LogP contribution in [-0.4, -0.2) is 17.8 Å². The lowest BCUT2D eigenvalue weighted by atomic mass is 10.1. The number of nitrogens with one attached hydrogen (secondary N) is 1. The Kier molecular flexibility index (Phi) is 3.52. The number of carbonyl (C=O) groups excluding carboxylic acids is 1. The van der Waals surface area contributed by atoms with Crippen LogP contribution in [0.5, 0.6) is 0 Å². The van der Waals surface area contributed by atoms with Crippen molar-refractivity contribution in [3.63, 3.8) is 0 Å². The monoisotopic (exact) mass is 131 g/mol. The van der Waals surface area contributed by atoms with Crippen molar-refractivity contribution in [1.29, 1.82) is 5.41 Å². The van der Waals surface area contributed by atoms with Crippen molar-refractivity contribution in [2.75, 3.05) is 5.75 Å². The minimum atomic E-state index is -0.153. The molecule has 0 aromatic heterocycles. The van der Waals surface area contributed by atoms with E-state index >= 15 is 0 Å². The van der Waals surface area contributed by atoms with Crippen molar-refractivity contribution in [3.05, 3.63) is 0 Å². The van der Waals surface area contributed by atoms with E-state index in [2.05, 4.69) is 12.6 Å². The van der Waals surface area contributed by atoms with Crippen LogP contribution in [0.1, 0.15) is 6.92 Å². The van der Waals surface area contributed by atoms with E-state index in [-0.39, 0.29) is 11.7 Å². The van der Waals surface area contributed by atoms with E-state index in [9.17, 15) is 4.79 Å². The summed E-state index contributed by atoms with van der Waals surface area (Å²) in [6, 6.07) is 0. The zero-order valence-corrected chi connectivity index (χ0v) is 5.61. The summed E-state index contributed by atoms with van der Waals surface area (Å²) in [5.74, 6) is 0.268. The van der Waals surface area contributed by atoms with Crippen LogP contribution in [0.3, 0.4) is 0 Å². The Morgan fingerprint density at radius 2 is 2.50 bits per heavy atom. The molecule has 0 aliphatic heterocycles. The second-order valence-electron chi connectivity index (χ2n) is 1.63. The molecule has 0 amide bonds. The van der Waals surface area contributed by atoms with E-state index < -0.39 is 0 Å². The van der Waals surface area contributed by atoms with Gasteiger partial charge in [-0.3, -0.25) is 4.79 Å². The van der Waals surface area contributed by atoms with Crippen LogP contribution in [0, 0.1) is 11.3 Å². The summed E-state index contributed by atoms with van der Waals surface area (Å²) >= 11 is 3.88. The van der Waals surface area contributed by atoms with Gasteiger partial charge in [-0.05, 0) is 0 Å². The van der Waals surface area contributed by atoms with Crippen molar-refractivity contribution < 1.29 is 4.79 Å². The van der Waals surface area contributed by atoms with Gasteiger partial charge in [-0.25, -0.2) is 0 Å². The predicted octanol–water partition coefficient (Wildman–Crippen LogP) is 0.771. The third kappa shape index (κ3) is 2.12. The van der Waals surface area contributed by atoms with Crippen LogP contribution < -0.4 is 0 Å². The average molecular weight is 131 g/mol. The highest BCUT2D eigenvalue weighted by molar-refractivity contribution is 7.80. The molecule has 8 heavy (non-hydrogen) atoms. The molecular formula is C5H9NOS. The smallest absolute Gasteiger partial charge is 0.176 e. The first-order valence-electron chi connectivity index (χ1n) is 2.37. The molecule has 1 unspecified atom stereocenters. The number of hydrogen-bond donors (Lipinski definition) is 2. The Morgan fingerprint density at radius 3 is 2.62 bits per heavy atom. The van der Waals surface area contributed by atoms with Crippen LogP contribution in [0.2, 0.25) is 0 Å². The summed E-state index contributed by atoms with van der Waals surface area (Å²) in [7, 11) is 0. The van der Waals surface area contributed by atoms with Gasteiger partial charge in [-0.1, -0.05) is 6.92 Å². The largest absolute Gasteiger partial charge is 0.305 e. The van der Waals surface area contributed by atoms with Gasteiger partial charge in [0.05, 0.1) is 6.21 Å². The summed E-state index contributed by atoms with van der Waals surface area (Å²) in [5, 5.41) is 6.53. The summed E-state index contributed by atoms with van der Waals surface area (Å²) in [6.07, 6.45) is 0.834. The van der Waals surface area contributed by atoms with Crippen LogP contribution in [0.4, 0.5) is 0 Å². The molecule has 1 atom stereocenters. The minimum absolute atomic E-state index is 0.101. The van der Waals surface area contributed by atoms with Gasteiger partial charge in [-0.2, -0.15) is 12.6 Å². The lowest BCUT2D eigenvalue weighted by molar-refractivity contribution is -0.115. The Balaban J connectivity index is 3.62. The highest BCUT2D eigenvalue weighted by atomic mass is 32.1. The summed E-state index contributed by atoms with van der Waals surface area (Å²) < 4.78 is 0. The van der Waals surface area contributed by atoms with Crippen molar-refractivity contribution in [2.45, 2.75) is 6.92 Å². The van der Waals surface area contributed by atoms with Crippen LogP contribution in [-0.2, 0) is 4.79 Å². The minimum Gasteiger partial charge on any atom is -0.305 e. The fourth-order valence-corrected chi connectivity index (χ4v) is 0.412. The Bertz CT molecular complexity index is 103. The molecule has 0 saturated heterocycles. The molecule has 0 fully saturated rings. The first-order chi connectivity index (χ1) is 3.72. The number of rotatable bonds is 3. The second kappa shape index (κ2) is 3.66. The zero-order chi connectivity index (χ0) is 6.57. The van der Waals surface area contributed by atoms with Gasteiger partial charge in [0.25, 0.3) is 0 Å². The third-order valence-electron chi connectivity index (χ3n) is 0.902. The SMILES string of the molecule is CC(CS)C(=O)C=N. The summed E-state index contributed by atoms with van der Waals surface area (Å²) in [5.41, 5.74) is 0. The molecule has 0 heterocycles. The first-order valence-corrected chi connectivity index (χ1v) is 3.00. The number of hydrogen-bond acceptors (Lipinski definition) is 3. The van der Waals surface area contributed by atoms with E-state index in [0.717, 1.165) is 6.21 Å². The maximum absolute atomic E-state index is 10.5. The van der Waals surface area contributed by atoms with Gasteiger partial charge in [0, 0.05) is 11.7 Å². The lowest BCUT2D eigenvalue weighted by Crippen LogP contribution is -2.12. The molecule has 0 spiro atoms. The first kappa shape index (κ1) is 7.69. The van der Waals surface area contributed by atoms with E-state index in [4.69, 9.17) is 5.41 Å². The molecular weight excluding hydrogens is 122 g/mol. The average Bonchev–Trinajstić information content (AvgIpc) is 1.84. The quantitative estimate of drug-likeness (QED) is 0.431. The predicted molar refractivity (Wildman–Crippen MR) is 36.8 cm³/mol. The molecule has 0 rings (SSSR count). The van der Waals surface area contributed by atoms with Crippen LogP contribution in [0.25, 0.3) is 0 Å². The molecule has 2 nitrogen and oxygen atoms in total. The van der Waals surface area contributed by atoms with Crippen molar-refractivity contribution >= 4 is 24.6 Å². The molecule has 0 bridgehead atoms. The molecule has 0 aromatic rings. The molecule has 0 saturated carbocycles. The van der Waals surface area contributed by atoms with E-state index in [1.807, 2.05) is 0 Å². The fraction of sp³-hybridized carbons (Fsp3) is 0.600. The standard InChI is InChI=1S/C5H9NOS/c1-4(3-8)5(7)2-6/h2,4,6,8H,3H2,1H3. The third-order valence-corrected chi connectivity index (χ3v) is 1.45. The molecule has 46 valence electrons. The number of carbonyl (C=O) groups is 1. The molecule has 3 heteroatoms. The van der Waals surface area contributed by atoms with Gasteiger partial charge in [0.15, 0.2) is 5.78 Å².